The molecule has 6 nitrogen and oxygen atoms in total. The van der Waals surface area contributed by atoms with Gasteiger partial charge >= 0.3 is 12.1 Å². The maximum Gasteiger partial charge on any atom is 0.412 e. The van der Waals surface area contributed by atoms with Gasteiger partial charge in [-0.15, -0.1) is 0 Å². The highest BCUT2D eigenvalue weighted by Crippen LogP contribution is 2.29. The molecule has 11 heteroatoms. The zero-order chi connectivity index (χ0) is 40.8. The van der Waals surface area contributed by atoms with Crippen LogP contribution in [0.4, 0.5) is 13.2 Å². The molecule has 4 aromatic rings. The van der Waals surface area contributed by atoms with E-state index in [4.69, 9.17) is 0 Å². The van der Waals surface area contributed by atoms with Crippen molar-refractivity contribution in [3.05, 3.63) is 156 Å². The van der Waals surface area contributed by atoms with Crippen molar-refractivity contribution in [2.24, 2.45) is 0 Å². The Bertz CT molecular complexity index is 1830. The van der Waals surface area contributed by atoms with Crippen LogP contribution in [0, 0.1) is 0 Å². The lowest BCUT2D eigenvalue weighted by atomic mass is 9.99. The third-order valence-electron chi connectivity index (χ3n) is 8.49. The van der Waals surface area contributed by atoms with E-state index in [1.807, 2.05) is 84.9 Å². The van der Waals surface area contributed by atoms with Gasteiger partial charge in [0.05, 0.1) is 0 Å². The number of thiol groups is 1. The zero-order valence-corrected chi connectivity index (χ0v) is 33.5. The maximum absolute atomic E-state index is 13.1. The Morgan fingerprint density at radius 3 is 1.78 bits per heavy atom. The fourth-order valence-corrected chi connectivity index (χ4v) is 5.89. The third kappa shape index (κ3) is 15.9. The van der Waals surface area contributed by atoms with Gasteiger partial charge in [-0.2, -0.15) is 25.8 Å². The molecule has 1 heterocycles. The molecule has 5 rings (SSSR count). The molecule has 0 saturated carbocycles. The molecule has 1 saturated heterocycles. The van der Waals surface area contributed by atoms with Crippen molar-refractivity contribution in [2.75, 3.05) is 32.6 Å². The minimum atomic E-state index is -4.41. The Hall–Kier alpha value is -4.71. The normalized spacial score (nSPS) is 13.7. The van der Waals surface area contributed by atoms with Gasteiger partial charge < -0.3 is 15.3 Å². The van der Waals surface area contributed by atoms with Crippen molar-refractivity contribution in [3.8, 4) is 11.1 Å². The third-order valence-corrected chi connectivity index (χ3v) is 9.43. The molecule has 1 fully saturated rings. The Kier molecular flexibility index (Phi) is 20.8. The Balaban J connectivity index is 0.000000537. The Labute approximate surface area is 331 Å². The Morgan fingerprint density at radius 2 is 1.36 bits per heavy atom. The van der Waals surface area contributed by atoms with E-state index >= 15 is 0 Å². The van der Waals surface area contributed by atoms with E-state index in [0.29, 0.717) is 11.1 Å². The van der Waals surface area contributed by atoms with Gasteiger partial charge in [0.15, 0.2) is 0 Å². The summed E-state index contributed by atoms with van der Waals surface area (Å²) in [7, 11) is 0.612. The molecule has 0 spiro atoms. The van der Waals surface area contributed by atoms with Crippen molar-refractivity contribution >= 4 is 40.9 Å². The standard InChI is InChI=1S/C32H30F3NO3.C7H8OS.C4H9N.CH4S/c1-4-23(19-20-28(5-2)32(33,34)35)25-15-17-27(18-16-25)30(37)36(3)29(31(38)39)21-22-11-13-26(14-12-22)24-9-7-6-8-10-24;1-9(8)7-5-3-2-4-6-7;1-2-4-5-3-1;1-2/h4,6-20,29H,1,5,21H2,2-3H3,(H,38,39);2-6H,1H3;5H,1-4H2;2H,1H3/b23-19+,28-20+;;;/t29-;;;/m0.../s1. The van der Waals surface area contributed by atoms with Crippen molar-refractivity contribution < 1.29 is 32.1 Å². The molecule has 0 aromatic heterocycles. The van der Waals surface area contributed by atoms with Crippen LogP contribution >= 0.6 is 12.6 Å². The maximum atomic E-state index is 13.1. The number of allylic oxidation sites excluding steroid dienone is 5. The summed E-state index contributed by atoms with van der Waals surface area (Å²) < 4.78 is 49.9. The lowest BCUT2D eigenvalue weighted by molar-refractivity contribution is -0.141. The lowest BCUT2D eigenvalue weighted by Crippen LogP contribution is -2.43. The van der Waals surface area contributed by atoms with Crippen LogP contribution in [-0.4, -0.2) is 71.0 Å². The summed E-state index contributed by atoms with van der Waals surface area (Å²) >= 11 is 3.53. The minimum absolute atomic E-state index is 0.124. The number of carboxylic acid groups (broad SMARTS) is 1. The molecule has 2 atom stereocenters. The van der Waals surface area contributed by atoms with Crippen LogP contribution in [0.3, 0.4) is 0 Å². The van der Waals surface area contributed by atoms with Crippen molar-refractivity contribution in [2.45, 2.75) is 49.7 Å². The summed E-state index contributed by atoms with van der Waals surface area (Å²) in [5.74, 6) is -1.61. The smallest absolute Gasteiger partial charge is 0.412 e. The number of carbonyl (C=O) groups excluding carboxylic acids is 1. The molecule has 1 aliphatic heterocycles. The van der Waals surface area contributed by atoms with Gasteiger partial charge in [0.25, 0.3) is 5.91 Å². The fourth-order valence-electron chi connectivity index (χ4n) is 5.35. The highest BCUT2D eigenvalue weighted by Gasteiger charge is 2.31. The summed E-state index contributed by atoms with van der Waals surface area (Å²) in [6.07, 6.45) is 5.50. The number of halogens is 3. The van der Waals surface area contributed by atoms with Crippen LogP contribution < -0.4 is 5.32 Å². The average Bonchev–Trinajstić information content (AvgIpc) is 3.80. The van der Waals surface area contributed by atoms with Crippen molar-refractivity contribution in [1.29, 1.82) is 0 Å². The van der Waals surface area contributed by atoms with Gasteiger partial charge in [-0.05, 0) is 90.7 Å². The number of rotatable bonds is 11. The molecule has 0 aliphatic carbocycles. The topological polar surface area (TPSA) is 86.7 Å². The number of hydrogen-bond donors (Lipinski definition) is 3. The van der Waals surface area contributed by atoms with Gasteiger partial charge in [-0.3, -0.25) is 9.00 Å². The first kappa shape index (κ1) is 46.4. The SMILES string of the molecule is C1CCNC1.C=C/C(=C\C=C(/CC)C(F)(F)F)c1ccc(C(=O)N(C)[C@@H](Cc2ccc(-c3ccccc3)cc2)C(=O)O)cc1.CS.CS(=O)c1ccccc1. The Morgan fingerprint density at radius 1 is 0.855 bits per heavy atom. The molecule has 0 radical (unpaired) electrons. The quantitative estimate of drug-likeness (QED) is 0.104. The first-order chi connectivity index (χ1) is 26.3. The summed E-state index contributed by atoms with van der Waals surface area (Å²) in [6, 6.07) is 31.9. The first-order valence-electron chi connectivity index (χ1n) is 17.7. The van der Waals surface area contributed by atoms with E-state index in [1.165, 1.54) is 69.1 Å². The van der Waals surface area contributed by atoms with Gasteiger partial charge in [-0.1, -0.05) is 117 Å². The molecular formula is C44H51F3N2O4S2. The van der Waals surface area contributed by atoms with Crippen LogP contribution in [0.15, 0.2) is 144 Å². The summed E-state index contributed by atoms with van der Waals surface area (Å²) in [4.78, 5) is 27.3. The molecule has 294 valence electrons. The molecule has 55 heavy (non-hydrogen) atoms. The average molecular weight is 793 g/mol. The lowest BCUT2D eigenvalue weighted by Gasteiger charge is -2.25. The first-order valence-corrected chi connectivity index (χ1v) is 20.2. The molecule has 1 unspecified atom stereocenters. The molecule has 0 bridgehead atoms. The number of carboxylic acids is 1. The monoisotopic (exact) mass is 792 g/mol. The molecule has 2 N–H and O–H groups in total. The van der Waals surface area contributed by atoms with Gasteiger partial charge in [0.1, 0.15) is 6.04 Å². The van der Waals surface area contributed by atoms with Gasteiger partial charge in [0, 0.05) is 46.6 Å². The predicted molar refractivity (Wildman–Crippen MR) is 224 cm³/mol. The van der Waals surface area contributed by atoms with Crippen LogP contribution in [0.25, 0.3) is 16.7 Å². The van der Waals surface area contributed by atoms with Gasteiger partial charge in [-0.25, -0.2) is 4.79 Å². The van der Waals surface area contributed by atoms with E-state index in [9.17, 15) is 32.1 Å². The molecule has 1 aliphatic rings. The predicted octanol–water partition coefficient (Wildman–Crippen LogP) is 9.93. The van der Waals surface area contributed by atoms with E-state index in [-0.39, 0.29) is 18.4 Å². The summed E-state index contributed by atoms with van der Waals surface area (Å²) in [5, 5.41) is 13.1. The van der Waals surface area contributed by atoms with Crippen LogP contribution in [0.5, 0.6) is 0 Å². The number of aliphatic carboxylic acids is 1. The second kappa shape index (κ2) is 24.6. The summed E-state index contributed by atoms with van der Waals surface area (Å²) in [6.45, 7) is 7.61. The number of nitrogens with zero attached hydrogens (tertiary/aromatic N) is 1. The number of amides is 1. The minimum Gasteiger partial charge on any atom is -0.480 e. The van der Waals surface area contributed by atoms with E-state index in [2.05, 4.69) is 24.5 Å². The molecular weight excluding hydrogens is 742 g/mol. The van der Waals surface area contributed by atoms with Crippen molar-refractivity contribution in [1.82, 2.24) is 10.2 Å². The fraction of sp³-hybridized carbons (Fsp3) is 0.273. The van der Waals surface area contributed by atoms with Crippen molar-refractivity contribution in [3.63, 3.8) is 0 Å². The largest absolute Gasteiger partial charge is 0.480 e. The second-order valence-corrected chi connectivity index (χ2v) is 13.6. The van der Waals surface area contributed by atoms with Crippen LogP contribution in [0.2, 0.25) is 0 Å². The molecule has 4 aromatic carbocycles. The number of nitrogens with one attached hydrogen (secondary N) is 1. The number of carbonyl (C=O) groups is 2. The van der Waals surface area contributed by atoms with Gasteiger partial charge in [0.2, 0.25) is 0 Å². The van der Waals surface area contributed by atoms with E-state index < -0.39 is 40.5 Å². The molecule has 1 amide bonds. The summed E-state index contributed by atoms with van der Waals surface area (Å²) in [5.41, 5.74) is 3.46. The second-order valence-electron chi connectivity index (χ2n) is 12.2. The number of benzene rings is 4. The zero-order valence-electron chi connectivity index (χ0n) is 31.8. The number of hydrogen-bond acceptors (Lipinski definition) is 5. The number of likely N-dealkylation sites (N-methyl/N-ethyl adjacent to an activating group) is 1. The highest BCUT2D eigenvalue weighted by atomic mass is 32.2. The van der Waals surface area contributed by atoms with Crippen LogP contribution in [-0.2, 0) is 22.0 Å². The van der Waals surface area contributed by atoms with Crippen LogP contribution in [0.1, 0.15) is 47.7 Å². The number of alkyl halides is 3. The van der Waals surface area contributed by atoms with E-state index in [0.717, 1.165) is 27.7 Å². The van der Waals surface area contributed by atoms with E-state index in [1.54, 1.807) is 24.6 Å². The highest BCUT2D eigenvalue weighted by molar-refractivity contribution is 7.84.